The molecule has 0 saturated heterocycles. The second kappa shape index (κ2) is 8.10. The normalized spacial score (nSPS) is 13.0. The maximum absolute atomic E-state index is 11.7. The lowest BCUT2D eigenvalue weighted by molar-refractivity contribution is 0.0928. The number of para-hydroxylation sites is 2. The molecule has 0 unspecified atom stereocenters. The van der Waals surface area contributed by atoms with Crippen molar-refractivity contribution in [2.45, 2.75) is 31.7 Å². The van der Waals surface area contributed by atoms with E-state index in [4.69, 9.17) is 4.74 Å². The fourth-order valence-corrected chi connectivity index (χ4v) is 3.67. The van der Waals surface area contributed by atoms with Crippen molar-refractivity contribution in [2.24, 2.45) is 0 Å². The largest absolute Gasteiger partial charge is 0.491 e. The molecule has 1 N–H and O–H groups in total. The number of sulfone groups is 1. The first-order valence-electron chi connectivity index (χ1n) is 8.87. The molecule has 0 saturated carbocycles. The number of hydrogen-bond acceptors (Lipinski definition) is 5. The Balaban J connectivity index is 1.77. The van der Waals surface area contributed by atoms with Crippen molar-refractivity contribution in [1.82, 2.24) is 9.55 Å². The summed E-state index contributed by atoms with van der Waals surface area (Å²) in [6, 6.07) is 15.2. The van der Waals surface area contributed by atoms with Crippen LogP contribution in [0.15, 0.2) is 48.5 Å². The second-order valence-electron chi connectivity index (χ2n) is 6.66. The molecule has 3 aromatic rings. The Hall–Kier alpha value is -2.38. The van der Waals surface area contributed by atoms with Crippen LogP contribution in [0.4, 0.5) is 0 Å². The van der Waals surface area contributed by atoms with Crippen LogP contribution in [0.2, 0.25) is 0 Å². The minimum Gasteiger partial charge on any atom is -0.491 e. The van der Waals surface area contributed by atoms with E-state index < -0.39 is 15.9 Å². The molecule has 1 aromatic heterocycles. The Morgan fingerprint density at radius 1 is 1.19 bits per heavy atom. The summed E-state index contributed by atoms with van der Waals surface area (Å²) in [5.74, 6) is 0.958. The van der Waals surface area contributed by atoms with E-state index in [0.717, 1.165) is 17.5 Å². The molecule has 0 spiro atoms. The van der Waals surface area contributed by atoms with Gasteiger partial charge in [-0.2, -0.15) is 0 Å². The van der Waals surface area contributed by atoms with Gasteiger partial charge in [0.1, 0.15) is 30.0 Å². The van der Waals surface area contributed by atoms with Gasteiger partial charge in [0.25, 0.3) is 0 Å². The van der Waals surface area contributed by atoms with Gasteiger partial charge in [0, 0.05) is 6.26 Å². The number of aromatic nitrogens is 2. The van der Waals surface area contributed by atoms with Gasteiger partial charge in [-0.25, -0.2) is 13.4 Å². The van der Waals surface area contributed by atoms with Crippen molar-refractivity contribution in [3.05, 3.63) is 59.9 Å². The van der Waals surface area contributed by atoms with Crippen LogP contribution in [0.5, 0.6) is 5.75 Å². The summed E-state index contributed by atoms with van der Waals surface area (Å²) < 4.78 is 31.0. The van der Waals surface area contributed by atoms with Crippen LogP contribution in [0.25, 0.3) is 11.0 Å². The van der Waals surface area contributed by atoms with Crippen molar-refractivity contribution in [3.63, 3.8) is 0 Å². The van der Waals surface area contributed by atoms with Crippen LogP contribution in [0, 0.1) is 0 Å². The monoisotopic (exact) mass is 388 g/mol. The highest BCUT2D eigenvalue weighted by Gasteiger charge is 2.18. The Morgan fingerprint density at radius 2 is 1.96 bits per heavy atom. The summed E-state index contributed by atoms with van der Waals surface area (Å²) in [6.07, 6.45) is 1.29. The van der Waals surface area contributed by atoms with E-state index in [0.29, 0.717) is 17.1 Å². The summed E-state index contributed by atoms with van der Waals surface area (Å²) in [4.78, 5) is 4.42. The molecular weight excluding hydrogens is 364 g/mol. The molecule has 2 aromatic carbocycles. The summed E-state index contributed by atoms with van der Waals surface area (Å²) >= 11 is 0. The predicted molar refractivity (Wildman–Crippen MR) is 106 cm³/mol. The maximum atomic E-state index is 11.7. The fraction of sp³-hybridized carbons (Fsp3) is 0.350. The Kier molecular flexibility index (Phi) is 5.82. The summed E-state index contributed by atoms with van der Waals surface area (Å²) in [6.45, 7) is 2.39. The molecule has 27 heavy (non-hydrogen) atoms. The van der Waals surface area contributed by atoms with Crippen LogP contribution >= 0.6 is 0 Å². The van der Waals surface area contributed by atoms with Gasteiger partial charge < -0.3 is 14.4 Å². The minimum atomic E-state index is -3.24. The first-order valence-corrected chi connectivity index (χ1v) is 10.9. The fourth-order valence-electron chi connectivity index (χ4n) is 2.98. The van der Waals surface area contributed by atoms with Crippen molar-refractivity contribution in [2.75, 3.05) is 12.9 Å². The van der Waals surface area contributed by atoms with Crippen LogP contribution in [0.1, 0.15) is 18.3 Å². The summed E-state index contributed by atoms with van der Waals surface area (Å²) in [7, 11) is -3.24. The number of fused-ring (bicyclic) bond motifs is 1. The molecule has 7 heteroatoms. The van der Waals surface area contributed by atoms with Crippen LogP contribution in [0.3, 0.4) is 0 Å². The molecule has 0 aliphatic rings. The van der Waals surface area contributed by atoms with Gasteiger partial charge in [0.2, 0.25) is 0 Å². The molecule has 0 radical (unpaired) electrons. The van der Waals surface area contributed by atoms with E-state index in [2.05, 4.69) is 11.9 Å². The molecule has 6 nitrogen and oxygen atoms in total. The van der Waals surface area contributed by atoms with Crippen LogP contribution < -0.4 is 4.74 Å². The molecule has 0 aliphatic heterocycles. The van der Waals surface area contributed by atoms with E-state index in [1.165, 1.54) is 6.26 Å². The Bertz CT molecular complexity index is 1030. The standard InChI is InChI=1S/C20H24N2O4S/c1-3-15-7-6-8-17(11-15)26-13-16(23)12-22-19-10-5-4-9-18(19)21-20(22)14-27(2,24)25/h4-11,16,23H,3,12-14H2,1-2H3/t16-/m0/s1. The molecule has 0 fully saturated rings. The Morgan fingerprint density at radius 3 is 2.70 bits per heavy atom. The second-order valence-corrected chi connectivity index (χ2v) is 8.80. The van der Waals surface area contributed by atoms with Gasteiger partial charge in [0.05, 0.1) is 17.6 Å². The zero-order chi connectivity index (χ0) is 19.4. The van der Waals surface area contributed by atoms with Gasteiger partial charge in [0.15, 0.2) is 9.84 Å². The average molecular weight is 388 g/mol. The van der Waals surface area contributed by atoms with E-state index in [1.54, 1.807) is 4.57 Å². The average Bonchev–Trinajstić information content (AvgIpc) is 2.95. The third kappa shape index (κ3) is 5.08. The number of hydrogen-bond donors (Lipinski definition) is 1. The number of nitrogens with zero attached hydrogens (tertiary/aromatic N) is 2. The molecule has 1 heterocycles. The highest BCUT2D eigenvalue weighted by atomic mass is 32.2. The molecule has 1 atom stereocenters. The summed E-state index contributed by atoms with van der Waals surface area (Å²) in [5, 5.41) is 10.5. The molecule has 3 rings (SSSR count). The first-order chi connectivity index (χ1) is 12.9. The lowest BCUT2D eigenvalue weighted by Gasteiger charge is -2.16. The van der Waals surface area contributed by atoms with Gasteiger partial charge in [-0.1, -0.05) is 31.2 Å². The number of imidazole rings is 1. The lowest BCUT2D eigenvalue weighted by atomic mass is 10.2. The van der Waals surface area contributed by atoms with Gasteiger partial charge in [-0.3, -0.25) is 0 Å². The van der Waals surface area contributed by atoms with E-state index in [9.17, 15) is 13.5 Å². The van der Waals surface area contributed by atoms with Crippen LogP contribution in [-0.2, 0) is 28.6 Å². The number of rotatable bonds is 8. The third-order valence-electron chi connectivity index (χ3n) is 4.27. The van der Waals surface area contributed by atoms with Crippen LogP contribution in [-0.4, -0.2) is 42.0 Å². The zero-order valence-corrected chi connectivity index (χ0v) is 16.3. The smallest absolute Gasteiger partial charge is 0.154 e. The molecular formula is C20H24N2O4S. The van der Waals surface area contributed by atoms with Crippen molar-refractivity contribution < 1.29 is 18.3 Å². The third-order valence-corrected chi connectivity index (χ3v) is 5.05. The van der Waals surface area contributed by atoms with E-state index >= 15 is 0 Å². The number of aliphatic hydroxyl groups excluding tert-OH is 1. The topological polar surface area (TPSA) is 81.4 Å². The number of benzene rings is 2. The number of ether oxygens (including phenoxy) is 1. The molecule has 0 bridgehead atoms. The molecule has 0 aliphatic carbocycles. The van der Waals surface area contributed by atoms with Crippen molar-refractivity contribution >= 4 is 20.9 Å². The van der Waals surface area contributed by atoms with Crippen molar-refractivity contribution in [1.29, 1.82) is 0 Å². The Labute approximate surface area is 159 Å². The number of aliphatic hydroxyl groups is 1. The van der Waals surface area contributed by atoms with Gasteiger partial charge in [-0.05, 0) is 36.2 Å². The van der Waals surface area contributed by atoms with E-state index in [1.807, 2.05) is 48.5 Å². The molecule has 0 amide bonds. The van der Waals surface area contributed by atoms with Crippen molar-refractivity contribution in [3.8, 4) is 5.75 Å². The summed E-state index contributed by atoms with van der Waals surface area (Å²) in [5.41, 5.74) is 2.67. The zero-order valence-electron chi connectivity index (χ0n) is 15.5. The lowest BCUT2D eigenvalue weighted by Crippen LogP contribution is -2.25. The van der Waals surface area contributed by atoms with E-state index in [-0.39, 0.29) is 18.9 Å². The minimum absolute atomic E-state index is 0.109. The SMILES string of the molecule is CCc1cccc(OC[C@@H](O)Cn2c(CS(C)(=O)=O)nc3ccccc32)c1. The number of aryl methyl sites for hydroxylation is 1. The highest BCUT2D eigenvalue weighted by Crippen LogP contribution is 2.19. The van der Waals surface area contributed by atoms with Gasteiger partial charge >= 0.3 is 0 Å². The quantitative estimate of drug-likeness (QED) is 0.641. The van der Waals surface area contributed by atoms with Gasteiger partial charge in [-0.15, -0.1) is 0 Å². The maximum Gasteiger partial charge on any atom is 0.154 e. The molecule has 144 valence electrons. The predicted octanol–water partition coefficient (Wildman–Crippen LogP) is 2.58. The highest BCUT2D eigenvalue weighted by molar-refractivity contribution is 7.89. The first kappa shape index (κ1) is 19.4.